The molecule has 0 unspecified atom stereocenters. The maximum atomic E-state index is 12.3. The smallest absolute Gasteiger partial charge is 0.228 e. The maximum Gasteiger partial charge on any atom is 0.228 e. The lowest BCUT2D eigenvalue weighted by atomic mass is 10.1. The fourth-order valence-corrected chi connectivity index (χ4v) is 2.72. The van der Waals surface area contributed by atoms with E-state index in [1.165, 1.54) is 0 Å². The number of carbonyl (C=O) groups excluding carboxylic acids is 1. The van der Waals surface area contributed by atoms with Gasteiger partial charge in [0.1, 0.15) is 5.75 Å². The summed E-state index contributed by atoms with van der Waals surface area (Å²) in [7, 11) is 1.63. The van der Waals surface area contributed by atoms with Crippen molar-refractivity contribution in [3.63, 3.8) is 0 Å². The van der Waals surface area contributed by atoms with Gasteiger partial charge < -0.3 is 15.0 Å². The van der Waals surface area contributed by atoms with E-state index in [9.17, 15) is 4.79 Å². The quantitative estimate of drug-likeness (QED) is 0.749. The molecule has 1 aromatic heterocycles. The minimum atomic E-state index is -0.0842. The molecule has 0 aliphatic carbocycles. The van der Waals surface area contributed by atoms with Crippen molar-refractivity contribution < 1.29 is 9.53 Å². The lowest BCUT2D eigenvalue weighted by Gasteiger charge is -2.09. The van der Waals surface area contributed by atoms with E-state index in [2.05, 4.69) is 10.3 Å². The van der Waals surface area contributed by atoms with E-state index < -0.39 is 0 Å². The number of ether oxygens (including phenoxy) is 1. The van der Waals surface area contributed by atoms with Gasteiger partial charge in [-0.25, -0.2) is 0 Å². The van der Waals surface area contributed by atoms with Crippen molar-refractivity contribution in [1.82, 2.24) is 4.98 Å². The summed E-state index contributed by atoms with van der Waals surface area (Å²) >= 11 is 6.08. The summed E-state index contributed by atoms with van der Waals surface area (Å²) in [5, 5.41) is 4.54. The fraction of sp³-hybridized carbons (Fsp3) is 0.167. The molecule has 4 nitrogen and oxygen atoms in total. The number of rotatable bonds is 4. The number of aromatic nitrogens is 1. The molecule has 0 saturated heterocycles. The van der Waals surface area contributed by atoms with Gasteiger partial charge in [-0.3, -0.25) is 4.79 Å². The molecule has 0 radical (unpaired) electrons. The van der Waals surface area contributed by atoms with Gasteiger partial charge in [-0.15, -0.1) is 0 Å². The van der Waals surface area contributed by atoms with Gasteiger partial charge in [0.05, 0.1) is 13.5 Å². The monoisotopic (exact) mass is 328 g/mol. The average molecular weight is 329 g/mol. The van der Waals surface area contributed by atoms with Crippen LogP contribution in [0.4, 0.5) is 5.69 Å². The molecule has 118 valence electrons. The molecule has 2 aromatic carbocycles. The molecule has 0 spiro atoms. The number of nitrogens with one attached hydrogen (secondary N) is 2. The molecule has 1 heterocycles. The molecule has 23 heavy (non-hydrogen) atoms. The SMILES string of the molecule is COc1ccc2[nH]cc(CC(=O)Nc3cccc(Cl)c3C)c2c1. The van der Waals surface area contributed by atoms with Crippen LogP contribution in [0, 0.1) is 6.92 Å². The van der Waals surface area contributed by atoms with Crippen molar-refractivity contribution in [2.75, 3.05) is 12.4 Å². The van der Waals surface area contributed by atoms with Crippen LogP contribution >= 0.6 is 11.6 Å². The molecule has 0 aliphatic heterocycles. The van der Waals surface area contributed by atoms with Crippen molar-refractivity contribution in [3.05, 3.63) is 58.7 Å². The highest BCUT2D eigenvalue weighted by molar-refractivity contribution is 6.31. The van der Waals surface area contributed by atoms with E-state index in [1.54, 1.807) is 13.2 Å². The molecule has 1 amide bonds. The third-order valence-electron chi connectivity index (χ3n) is 3.87. The first kappa shape index (κ1) is 15.4. The lowest BCUT2D eigenvalue weighted by molar-refractivity contribution is -0.115. The van der Waals surface area contributed by atoms with Crippen LogP contribution in [0.5, 0.6) is 5.75 Å². The molecule has 0 aliphatic rings. The van der Waals surface area contributed by atoms with Crippen molar-refractivity contribution in [2.24, 2.45) is 0 Å². The van der Waals surface area contributed by atoms with Crippen molar-refractivity contribution >= 4 is 34.1 Å². The van der Waals surface area contributed by atoms with E-state index in [0.717, 1.165) is 33.5 Å². The minimum absolute atomic E-state index is 0.0842. The summed E-state index contributed by atoms with van der Waals surface area (Å²) in [5.74, 6) is 0.684. The second-order valence-corrected chi connectivity index (χ2v) is 5.77. The Morgan fingerprint density at radius 3 is 2.91 bits per heavy atom. The number of fused-ring (bicyclic) bond motifs is 1. The van der Waals surface area contributed by atoms with Gasteiger partial charge in [-0.2, -0.15) is 0 Å². The van der Waals surface area contributed by atoms with Gasteiger partial charge in [-0.05, 0) is 48.4 Å². The fourth-order valence-electron chi connectivity index (χ4n) is 2.54. The normalized spacial score (nSPS) is 10.7. The van der Waals surface area contributed by atoms with Gasteiger partial charge in [0, 0.05) is 27.8 Å². The summed E-state index contributed by atoms with van der Waals surface area (Å²) in [4.78, 5) is 15.5. The molecule has 2 N–H and O–H groups in total. The summed E-state index contributed by atoms with van der Waals surface area (Å²) < 4.78 is 5.25. The zero-order chi connectivity index (χ0) is 16.4. The summed E-state index contributed by atoms with van der Waals surface area (Å²) in [6.07, 6.45) is 2.13. The Hall–Kier alpha value is -2.46. The van der Waals surface area contributed by atoms with E-state index in [1.807, 2.05) is 43.5 Å². The Balaban J connectivity index is 1.81. The predicted molar refractivity (Wildman–Crippen MR) is 93.4 cm³/mol. The summed E-state index contributed by atoms with van der Waals surface area (Å²) in [5.41, 5.74) is 3.51. The Bertz CT molecular complexity index is 871. The summed E-state index contributed by atoms with van der Waals surface area (Å²) in [6.45, 7) is 1.88. The van der Waals surface area contributed by atoms with Crippen molar-refractivity contribution in [3.8, 4) is 5.75 Å². The maximum absolute atomic E-state index is 12.3. The molecule has 0 saturated carbocycles. The predicted octanol–water partition coefficient (Wildman–Crippen LogP) is 4.32. The van der Waals surface area contributed by atoms with Gasteiger partial charge in [0.25, 0.3) is 0 Å². The van der Waals surface area contributed by atoms with Crippen LogP contribution in [-0.2, 0) is 11.2 Å². The third kappa shape index (κ3) is 3.17. The molecular formula is C18H17ClN2O2. The van der Waals surface area contributed by atoms with Gasteiger partial charge in [0.2, 0.25) is 5.91 Å². The van der Waals surface area contributed by atoms with Crippen LogP contribution in [0.1, 0.15) is 11.1 Å². The molecule has 5 heteroatoms. The lowest BCUT2D eigenvalue weighted by Crippen LogP contribution is -2.15. The molecule has 0 fully saturated rings. The van der Waals surface area contributed by atoms with Crippen molar-refractivity contribution in [1.29, 1.82) is 0 Å². The Morgan fingerprint density at radius 1 is 1.30 bits per heavy atom. The van der Waals surface area contributed by atoms with E-state index in [4.69, 9.17) is 16.3 Å². The number of carbonyl (C=O) groups is 1. The zero-order valence-electron chi connectivity index (χ0n) is 12.9. The topological polar surface area (TPSA) is 54.1 Å². The molecule has 3 rings (SSSR count). The van der Waals surface area contributed by atoms with E-state index >= 15 is 0 Å². The molecular weight excluding hydrogens is 312 g/mol. The second kappa shape index (κ2) is 6.34. The van der Waals surface area contributed by atoms with Crippen LogP contribution in [-0.4, -0.2) is 18.0 Å². The van der Waals surface area contributed by atoms with Crippen LogP contribution in [0.2, 0.25) is 5.02 Å². The Labute approximate surface area is 139 Å². The largest absolute Gasteiger partial charge is 0.497 e. The highest BCUT2D eigenvalue weighted by Crippen LogP contribution is 2.25. The standard InChI is InChI=1S/C18H17ClN2O2/c1-11-15(19)4-3-5-16(11)21-18(22)8-12-10-20-17-7-6-13(23-2)9-14(12)17/h3-7,9-10,20H,8H2,1-2H3,(H,21,22). The van der Waals surface area contributed by atoms with Crippen LogP contribution in [0.15, 0.2) is 42.6 Å². The van der Waals surface area contributed by atoms with Gasteiger partial charge in [-0.1, -0.05) is 17.7 Å². The number of methoxy groups -OCH3 is 1. The van der Waals surface area contributed by atoms with Crippen LogP contribution < -0.4 is 10.1 Å². The highest BCUT2D eigenvalue weighted by Gasteiger charge is 2.11. The third-order valence-corrected chi connectivity index (χ3v) is 4.28. The number of anilines is 1. The Morgan fingerprint density at radius 2 is 2.13 bits per heavy atom. The number of benzene rings is 2. The number of aromatic amines is 1. The first-order chi connectivity index (χ1) is 11.1. The number of hydrogen-bond acceptors (Lipinski definition) is 2. The Kier molecular flexibility index (Phi) is 4.26. The number of hydrogen-bond donors (Lipinski definition) is 2. The number of halogens is 1. The van der Waals surface area contributed by atoms with Gasteiger partial charge in [0.15, 0.2) is 0 Å². The summed E-state index contributed by atoms with van der Waals surface area (Å²) in [6, 6.07) is 11.2. The average Bonchev–Trinajstić information content (AvgIpc) is 2.94. The molecule has 0 atom stereocenters. The first-order valence-electron chi connectivity index (χ1n) is 7.27. The van der Waals surface area contributed by atoms with Gasteiger partial charge >= 0.3 is 0 Å². The molecule has 3 aromatic rings. The van der Waals surface area contributed by atoms with Crippen LogP contribution in [0.25, 0.3) is 10.9 Å². The van der Waals surface area contributed by atoms with Crippen LogP contribution in [0.3, 0.4) is 0 Å². The minimum Gasteiger partial charge on any atom is -0.497 e. The number of H-pyrrole nitrogens is 1. The second-order valence-electron chi connectivity index (χ2n) is 5.36. The first-order valence-corrected chi connectivity index (χ1v) is 7.65. The number of amides is 1. The van der Waals surface area contributed by atoms with Crippen molar-refractivity contribution in [2.45, 2.75) is 13.3 Å². The van der Waals surface area contributed by atoms with E-state index in [0.29, 0.717) is 5.02 Å². The highest BCUT2D eigenvalue weighted by atomic mass is 35.5. The van der Waals surface area contributed by atoms with E-state index in [-0.39, 0.29) is 12.3 Å². The zero-order valence-corrected chi connectivity index (χ0v) is 13.7. The molecule has 0 bridgehead atoms.